The molecule has 2 aromatic rings. The number of carbonyl (C=O) groups excluding carboxylic acids is 1. The Bertz CT molecular complexity index is 602. The Morgan fingerprint density at radius 1 is 1.40 bits per heavy atom. The smallest absolute Gasteiger partial charge is 0.224 e. The minimum absolute atomic E-state index is 0.0790. The molecule has 1 aromatic carbocycles. The van der Waals surface area contributed by atoms with E-state index in [1.807, 2.05) is 0 Å². The molecule has 0 aliphatic heterocycles. The fourth-order valence-corrected chi connectivity index (χ4v) is 2.76. The summed E-state index contributed by atoms with van der Waals surface area (Å²) < 4.78 is 13.6. The molecule has 6 heteroatoms. The zero-order valence-electron chi connectivity index (χ0n) is 10.5. The number of rotatable bonds is 5. The van der Waals surface area contributed by atoms with Gasteiger partial charge in [-0.3, -0.25) is 4.79 Å². The predicted molar refractivity (Wildman–Crippen MR) is 77.4 cm³/mol. The van der Waals surface area contributed by atoms with Crippen molar-refractivity contribution in [3.05, 3.63) is 57.0 Å². The molecule has 0 spiro atoms. The third-order valence-corrected chi connectivity index (χ3v) is 4.00. The average Bonchev–Trinajstić information content (AvgIpc) is 2.83. The highest BCUT2D eigenvalue weighted by Gasteiger charge is 2.12. The lowest BCUT2D eigenvalue weighted by Crippen LogP contribution is -2.29. The monoisotopic (exact) mass is 313 g/mol. The van der Waals surface area contributed by atoms with Crippen LogP contribution in [-0.2, 0) is 11.2 Å². The zero-order chi connectivity index (χ0) is 14.5. The normalized spacial score (nSPS) is 12.2. The molecule has 0 aliphatic carbocycles. The van der Waals surface area contributed by atoms with Crippen LogP contribution in [0, 0.1) is 5.82 Å². The molecule has 2 rings (SSSR count). The number of carbonyl (C=O) groups is 1. The number of hydrogen-bond acceptors (Lipinski definition) is 3. The van der Waals surface area contributed by atoms with Crippen LogP contribution in [0.3, 0.4) is 0 Å². The van der Waals surface area contributed by atoms with Gasteiger partial charge in [0.1, 0.15) is 11.9 Å². The first-order valence-corrected chi connectivity index (χ1v) is 7.18. The van der Waals surface area contributed by atoms with Crippen molar-refractivity contribution in [3.8, 4) is 0 Å². The van der Waals surface area contributed by atoms with E-state index < -0.39 is 6.10 Å². The molecule has 0 radical (unpaired) electrons. The average molecular weight is 314 g/mol. The summed E-state index contributed by atoms with van der Waals surface area (Å²) in [7, 11) is 0. The Morgan fingerprint density at radius 3 is 2.85 bits per heavy atom. The van der Waals surface area contributed by atoms with E-state index in [2.05, 4.69) is 5.32 Å². The van der Waals surface area contributed by atoms with Crippen LogP contribution in [0.2, 0.25) is 4.34 Å². The molecule has 106 valence electrons. The van der Waals surface area contributed by atoms with Gasteiger partial charge in [-0.2, -0.15) is 0 Å². The first-order chi connectivity index (χ1) is 9.54. The third-order valence-electron chi connectivity index (χ3n) is 2.67. The number of amides is 1. The van der Waals surface area contributed by atoms with E-state index in [0.29, 0.717) is 14.8 Å². The fraction of sp³-hybridized carbons (Fsp3) is 0.214. The lowest BCUT2D eigenvalue weighted by Gasteiger charge is -2.10. The molecule has 0 fully saturated rings. The lowest BCUT2D eigenvalue weighted by atomic mass is 10.1. The van der Waals surface area contributed by atoms with E-state index in [-0.39, 0.29) is 24.7 Å². The molecule has 2 N–H and O–H groups in total. The highest BCUT2D eigenvalue weighted by atomic mass is 35.5. The Labute approximate surface area is 125 Å². The van der Waals surface area contributed by atoms with Crippen LogP contribution in [0.5, 0.6) is 0 Å². The van der Waals surface area contributed by atoms with Crippen LogP contribution < -0.4 is 5.32 Å². The Morgan fingerprint density at radius 2 is 2.20 bits per heavy atom. The second-order valence-electron chi connectivity index (χ2n) is 4.27. The van der Waals surface area contributed by atoms with E-state index in [9.17, 15) is 14.3 Å². The maximum Gasteiger partial charge on any atom is 0.224 e. The number of benzene rings is 1. The quantitative estimate of drug-likeness (QED) is 0.891. The van der Waals surface area contributed by atoms with Gasteiger partial charge in [0.25, 0.3) is 0 Å². The largest absolute Gasteiger partial charge is 0.386 e. The van der Waals surface area contributed by atoms with Crippen LogP contribution in [0.15, 0.2) is 36.4 Å². The van der Waals surface area contributed by atoms with Gasteiger partial charge in [-0.15, -0.1) is 11.3 Å². The molecular formula is C14H13ClFNO2S. The van der Waals surface area contributed by atoms with Crippen molar-refractivity contribution >= 4 is 28.8 Å². The fourth-order valence-electron chi connectivity index (χ4n) is 1.71. The van der Waals surface area contributed by atoms with Gasteiger partial charge in [0.2, 0.25) is 5.91 Å². The molecule has 20 heavy (non-hydrogen) atoms. The maximum atomic E-state index is 13.0. The second-order valence-corrected chi connectivity index (χ2v) is 6.02. The summed E-state index contributed by atoms with van der Waals surface area (Å²) in [5, 5.41) is 12.5. The SMILES string of the molecule is O=C(Cc1cccc(F)c1)NC[C@H](O)c1ccc(Cl)s1. The lowest BCUT2D eigenvalue weighted by molar-refractivity contribution is -0.120. The minimum Gasteiger partial charge on any atom is -0.386 e. The summed E-state index contributed by atoms with van der Waals surface area (Å²) in [6, 6.07) is 9.29. The van der Waals surface area contributed by atoms with Crippen molar-refractivity contribution in [1.29, 1.82) is 0 Å². The Kier molecular flexibility index (Phi) is 5.11. The van der Waals surface area contributed by atoms with Crippen LogP contribution in [0.4, 0.5) is 4.39 Å². The molecular weight excluding hydrogens is 301 g/mol. The Balaban J connectivity index is 1.83. The van der Waals surface area contributed by atoms with E-state index >= 15 is 0 Å². The summed E-state index contributed by atoms with van der Waals surface area (Å²) in [6.07, 6.45) is -0.709. The number of hydrogen-bond donors (Lipinski definition) is 2. The summed E-state index contributed by atoms with van der Waals surface area (Å²) in [6.45, 7) is 0.102. The topological polar surface area (TPSA) is 49.3 Å². The number of aliphatic hydroxyl groups excluding tert-OH is 1. The molecule has 0 unspecified atom stereocenters. The van der Waals surface area contributed by atoms with Crippen LogP contribution in [-0.4, -0.2) is 17.6 Å². The number of thiophene rings is 1. The first kappa shape index (κ1) is 15.0. The maximum absolute atomic E-state index is 13.0. The van der Waals surface area contributed by atoms with Crippen molar-refractivity contribution < 1.29 is 14.3 Å². The van der Waals surface area contributed by atoms with Gasteiger partial charge >= 0.3 is 0 Å². The molecule has 3 nitrogen and oxygen atoms in total. The van der Waals surface area contributed by atoms with Crippen molar-refractivity contribution in [2.45, 2.75) is 12.5 Å². The van der Waals surface area contributed by atoms with E-state index in [1.165, 1.54) is 23.5 Å². The standard InChI is InChI=1S/C14H13ClFNO2S/c15-13-5-4-12(20-13)11(18)8-17-14(19)7-9-2-1-3-10(16)6-9/h1-6,11,18H,7-8H2,(H,17,19)/t11-/m0/s1. The van der Waals surface area contributed by atoms with Gasteiger partial charge in [0.05, 0.1) is 10.8 Å². The van der Waals surface area contributed by atoms with E-state index in [0.717, 1.165) is 0 Å². The van der Waals surface area contributed by atoms with E-state index in [1.54, 1.807) is 24.3 Å². The van der Waals surface area contributed by atoms with Gasteiger partial charge in [-0.25, -0.2) is 4.39 Å². The summed E-state index contributed by atoms with van der Waals surface area (Å²) in [4.78, 5) is 12.4. The van der Waals surface area contributed by atoms with Gasteiger partial charge in [0, 0.05) is 11.4 Å². The van der Waals surface area contributed by atoms with E-state index in [4.69, 9.17) is 11.6 Å². The van der Waals surface area contributed by atoms with Crippen LogP contribution >= 0.6 is 22.9 Å². The molecule has 1 aromatic heterocycles. The molecule has 0 saturated heterocycles. The van der Waals surface area contributed by atoms with Crippen molar-refractivity contribution in [3.63, 3.8) is 0 Å². The second kappa shape index (κ2) is 6.83. The van der Waals surface area contributed by atoms with Crippen molar-refractivity contribution in [2.24, 2.45) is 0 Å². The van der Waals surface area contributed by atoms with Crippen molar-refractivity contribution in [2.75, 3.05) is 6.54 Å². The summed E-state index contributed by atoms with van der Waals surface area (Å²) >= 11 is 7.04. The van der Waals surface area contributed by atoms with Crippen LogP contribution in [0.1, 0.15) is 16.5 Å². The highest BCUT2D eigenvalue weighted by molar-refractivity contribution is 7.16. The summed E-state index contributed by atoms with van der Waals surface area (Å²) in [5.74, 6) is -0.638. The molecule has 0 bridgehead atoms. The highest BCUT2D eigenvalue weighted by Crippen LogP contribution is 2.26. The predicted octanol–water partition coefficient (Wildman–Crippen LogP) is 2.93. The summed E-state index contributed by atoms with van der Waals surface area (Å²) in [5.41, 5.74) is 0.594. The van der Waals surface area contributed by atoms with Crippen molar-refractivity contribution in [1.82, 2.24) is 5.32 Å². The molecule has 0 saturated carbocycles. The zero-order valence-corrected chi connectivity index (χ0v) is 12.0. The number of halogens is 2. The number of aliphatic hydroxyl groups is 1. The molecule has 1 heterocycles. The molecule has 0 aliphatic rings. The number of nitrogens with one attached hydrogen (secondary N) is 1. The van der Waals surface area contributed by atoms with Gasteiger partial charge in [-0.1, -0.05) is 23.7 Å². The molecule has 1 amide bonds. The third kappa shape index (κ3) is 4.30. The minimum atomic E-state index is -0.788. The molecule has 1 atom stereocenters. The van der Waals surface area contributed by atoms with Crippen LogP contribution in [0.25, 0.3) is 0 Å². The first-order valence-electron chi connectivity index (χ1n) is 5.99. The van der Waals surface area contributed by atoms with Gasteiger partial charge in [-0.05, 0) is 29.8 Å². The van der Waals surface area contributed by atoms with Gasteiger partial charge in [0.15, 0.2) is 0 Å². The van der Waals surface area contributed by atoms with Gasteiger partial charge < -0.3 is 10.4 Å². The Hall–Kier alpha value is -1.43.